The molecule has 1 saturated heterocycles. The van der Waals surface area contributed by atoms with Gasteiger partial charge in [-0.1, -0.05) is 0 Å². The van der Waals surface area contributed by atoms with E-state index >= 15 is 0 Å². The van der Waals surface area contributed by atoms with Gasteiger partial charge in [0.05, 0.1) is 44.1 Å². The zero-order valence-electron chi connectivity index (χ0n) is 36.4. The second-order valence-electron chi connectivity index (χ2n) is 15.3. The van der Waals surface area contributed by atoms with E-state index in [1.54, 1.807) is 0 Å². The Morgan fingerprint density at radius 3 is 1.88 bits per heavy atom. The van der Waals surface area contributed by atoms with Crippen molar-refractivity contribution in [1.29, 1.82) is 5.41 Å². The van der Waals surface area contributed by atoms with Gasteiger partial charge in [0, 0.05) is 66.1 Å². The summed E-state index contributed by atoms with van der Waals surface area (Å²) in [5.74, 6) is -13.8. The van der Waals surface area contributed by atoms with Crippen LogP contribution in [0.15, 0.2) is 18.2 Å². The van der Waals surface area contributed by atoms with Gasteiger partial charge in [-0.2, -0.15) is 25.3 Å². The summed E-state index contributed by atoms with van der Waals surface area (Å²) in [6, 6.07) is -8.12. The van der Waals surface area contributed by atoms with E-state index in [0.717, 1.165) is 17.0 Å². The van der Waals surface area contributed by atoms with Crippen LogP contribution in [0.5, 0.6) is 0 Å². The molecule has 1 aromatic rings. The molecule has 1 aliphatic rings. The lowest BCUT2D eigenvalue weighted by Crippen LogP contribution is -2.59. The summed E-state index contributed by atoms with van der Waals surface area (Å²) in [5, 5.41) is 45.2. The number of likely N-dealkylation sites (tertiary alicyclic amines) is 1. The Labute approximate surface area is 416 Å². The van der Waals surface area contributed by atoms with E-state index in [9.17, 15) is 71.7 Å². The molecule has 0 aromatic heterocycles. The molecule has 9 amide bonds. The van der Waals surface area contributed by atoms with Crippen molar-refractivity contribution in [2.45, 2.75) is 86.9 Å². The number of nitrogens with zero attached hydrogens (tertiary/aromatic N) is 1. The van der Waals surface area contributed by atoms with E-state index in [4.69, 9.17) is 22.6 Å². The number of nitrogens with two attached hydrogens (primary N) is 3. The number of hydrogen-bond acceptors (Lipinski definition) is 16. The van der Waals surface area contributed by atoms with Gasteiger partial charge >= 0.3 is 5.97 Å². The fourth-order valence-electron chi connectivity index (χ4n) is 6.37. The number of β-amino-alcohol motifs (C(OH)–C–C–N with tert-alkyl or cyclic N) is 1. The Morgan fingerprint density at radius 1 is 0.754 bits per heavy atom. The Morgan fingerprint density at radius 2 is 1.32 bits per heavy atom. The van der Waals surface area contributed by atoms with Crippen LogP contribution in [-0.4, -0.2) is 170 Å². The molecular formula is C38H54F2IN13O13S2. The number of aliphatic hydroxyl groups excluding tert-OH is 1. The summed E-state index contributed by atoms with van der Waals surface area (Å²) in [6.45, 7) is -2.10. The maximum atomic E-state index is 14.1. The largest absolute Gasteiger partial charge is 0.481 e. The van der Waals surface area contributed by atoms with E-state index in [2.05, 4.69) is 67.8 Å². The van der Waals surface area contributed by atoms with Crippen LogP contribution in [0, 0.1) is 17.0 Å². The van der Waals surface area contributed by atoms with Crippen LogP contribution < -0.4 is 59.7 Å². The molecule has 8 atom stereocenters. The highest BCUT2D eigenvalue weighted by molar-refractivity contribution is 14.1. The van der Waals surface area contributed by atoms with Crippen molar-refractivity contribution in [2.75, 3.05) is 37.7 Å². The lowest BCUT2D eigenvalue weighted by Gasteiger charge is -2.27. The average molecular weight is 1130 g/mol. The summed E-state index contributed by atoms with van der Waals surface area (Å²) in [7, 11) is 0. The van der Waals surface area contributed by atoms with Crippen LogP contribution in [0.1, 0.15) is 37.7 Å². The first-order chi connectivity index (χ1) is 32.3. The number of carbonyl (C=O) groups is 11. The number of aliphatic carboxylic acids is 1. The number of nitrogens with one attached hydrogen (secondary N) is 9. The first kappa shape index (κ1) is 59.2. The summed E-state index contributed by atoms with van der Waals surface area (Å²) < 4.78 is 27.8. The normalized spacial score (nSPS) is 16.7. The lowest BCUT2D eigenvalue weighted by atomic mass is 10.0. The molecular weight excluding hydrogens is 1080 g/mol. The number of benzene rings is 1. The van der Waals surface area contributed by atoms with Crippen LogP contribution in [-0.2, 0) is 59.2 Å². The molecule has 31 heteroatoms. The van der Waals surface area contributed by atoms with Gasteiger partial charge in [0.2, 0.25) is 57.0 Å². The third-order valence-corrected chi connectivity index (χ3v) is 11.2. The fraction of sp³-hybridized carbons (Fsp3) is 0.526. The fourth-order valence-corrected chi connectivity index (χ4v) is 7.26. The van der Waals surface area contributed by atoms with Crippen LogP contribution in [0.2, 0.25) is 0 Å². The Balaban J connectivity index is 2.20. The maximum Gasteiger partial charge on any atom is 0.305 e. The number of guanidine groups is 1. The highest BCUT2D eigenvalue weighted by atomic mass is 127. The summed E-state index contributed by atoms with van der Waals surface area (Å²) in [5.41, 5.74) is 16.0. The SMILES string of the molecule is N=C(N)NCCC[C@H](NC(=O)C(CS)NC(=O)[C@H](CC(N)=O)NC(=O)C1CC(O)CN1C(=O)CNC(=O)[C@H](Cc1cc(F)cc(F)c1)NC(=O)CNC(=O)[C@@H](CC(=O)O)NC(=O)[C@H](N)CS)C(=O)I. The minimum absolute atomic E-state index is 0.124. The minimum Gasteiger partial charge on any atom is -0.481 e. The molecule has 26 nitrogen and oxygen atoms in total. The molecule has 3 unspecified atom stereocenters. The number of thiol groups is 2. The Hall–Kier alpha value is -5.93. The molecule has 17 N–H and O–H groups in total. The molecule has 0 aliphatic carbocycles. The molecule has 1 aromatic carbocycles. The number of primary amides is 1. The number of halogens is 3. The van der Waals surface area contributed by atoms with Crippen molar-refractivity contribution < 1.29 is 71.7 Å². The van der Waals surface area contributed by atoms with E-state index in [1.807, 2.05) is 0 Å². The third kappa shape index (κ3) is 21.1. The van der Waals surface area contributed by atoms with Crippen molar-refractivity contribution >= 4 is 117 Å². The van der Waals surface area contributed by atoms with Crippen molar-refractivity contribution in [3.05, 3.63) is 35.4 Å². The van der Waals surface area contributed by atoms with E-state index in [0.29, 0.717) is 12.5 Å². The van der Waals surface area contributed by atoms with Gasteiger partial charge in [0.15, 0.2) is 5.96 Å². The third-order valence-electron chi connectivity index (χ3n) is 9.73. The minimum atomic E-state index is -1.75. The van der Waals surface area contributed by atoms with Gasteiger partial charge in [0.25, 0.3) is 0 Å². The number of carbonyl (C=O) groups excluding carboxylic acids is 10. The molecule has 0 bridgehead atoms. The van der Waals surface area contributed by atoms with E-state index in [1.165, 1.54) is 22.6 Å². The van der Waals surface area contributed by atoms with E-state index in [-0.39, 0.29) is 36.0 Å². The quantitative estimate of drug-likeness (QED) is 0.00927. The van der Waals surface area contributed by atoms with Gasteiger partial charge in [-0.25, -0.2) is 8.78 Å². The maximum absolute atomic E-state index is 14.1. The van der Waals surface area contributed by atoms with Crippen molar-refractivity contribution in [2.24, 2.45) is 17.2 Å². The van der Waals surface area contributed by atoms with Gasteiger partial charge in [-0.15, -0.1) is 0 Å². The van der Waals surface area contributed by atoms with Crippen molar-refractivity contribution in [1.82, 2.24) is 47.4 Å². The number of rotatable bonds is 28. The number of carboxylic acids is 1. The molecule has 1 heterocycles. The van der Waals surface area contributed by atoms with Crippen molar-refractivity contribution in [3.63, 3.8) is 0 Å². The molecule has 0 spiro atoms. The summed E-state index contributed by atoms with van der Waals surface area (Å²) in [4.78, 5) is 142. The molecule has 0 saturated carbocycles. The number of amides is 9. The van der Waals surface area contributed by atoms with Gasteiger partial charge in [0.1, 0.15) is 41.8 Å². The van der Waals surface area contributed by atoms with E-state index < -0.39 is 168 Å². The van der Waals surface area contributed by atoms with Crippen LogP contribution >= 0.6 is 47.8 Å². The zero-order valence-corrected chi connectivity index (χ0v) is 40.4. The second kappa shape index (κ2) is 29.2. The monoisotopic (exact) mass is 1130 g/mol. The zero-order chi connectivity index (χ0) is 52.1. The van der Waals surface area contributed by atoms with Crippen molar-refractivity contribution in [3.8, 4) is 0 Å². The summed E-state index contributed by atoms with van der Waals surface area (Å²) >= 11 is 9.43. The Bertz CT molecular complexity index is 2100. The molecule has 69 heavy (non-hydrogen) atoms. The van der Waals surface area contributed by atoms with Gasteiger partial charge in [-0.05, 0) is 30.5 Å². The van der Waals surface area contributed by atoms with Gasteiger partial charge < -0.3 is 74.8 Å². The topological polar surface area (TPSA) is 430 Å². The number of hydrogen-bond donors (Lipinski definition) is 16. The standard InChI is InChI=1S/C38H54F2IN13O13S2/c39-17-4-16(5-18(40)7-17)6-22(49-28(57)11-47-34(64)24(10-30(59)60)51-32(62)20(42)14-68)33(63)48-12-29(58)54-13-19(55)8-26(54)37(67)52-23(9-27(43)56)35(65)53-25(15-69)36(66)50-21(31(41)61)2-1-3-46-38(44)45/h4-5,7,19-26,55,68-69H,1-3,6,8-15,42H2,(H2,43,56)(H,47,64)(H,48,63)(H,49,57)(H,50,66)(H,51,62)(H,52,67)(H,53,65)(H,59,60)(H4,44,45,46)/t19?,20-,21+,22+,23+,24-,25?,26?/m1/s1. The molecule has 2 rings (SSSR count). The lowest BCUT2D eigenvalue weighted by molar-refractivity contribution is -0.141. The Kier molecular flexibility index (Phi) is 25.0. The summed E-state index contributed by atoms with van der Waals surface area (Å²) in [6.07, 6.45) is -3.62. The average Bonchev–Trinajstić information content (AvgIpc) is 3.67. The highest BCUT2D eigenvalue weighted by Gasteiger charge is 2.41. The second-order valence-corrected chi connectivity index (χ2v) is 17.1. The van der Waals surface area contributed by atoms with Crippen LogP contribution in [0.4, 0.5) is 8.78 Å². The first-order valence-electron chi connectivity index (χ1n) is 20.6. The number of aliphatic hydroxyl groups is 1. The molecule has 1 fully saturated rings. The predicted octanol–water partition coefficient (Wildman–Crippen LogP) is -6.11. The smallest absolute Gasteiger partial charge is 0.305 e. The predicted molar refractivity (Wildman–Crippen MR) is 252 cm³/mol. The van der Waals surface area contributed by atoms with Gasteiger partial charge in [-0.3, -0.25) is 58.1 Å². The molecule has 1 aliphatic heterocycles. The first-order valence-corrected chi connectivity index (χ1v) is 22.9. The molecule has 382 valence electrons. The highest BCUT2D eigenvalue weighted by Crippen LogP contribution is 2.19. The number of carboxylic acid groups (broad SMARTS) is 1. The molecule has 0 radical (unpaired) electrons. The van der Waals surface area contributed by atoms with Crippen LogP contribution in [0.25, 0.3) is 0 Å². The van der Waals surface area contributed by atoms with Crippen LogP contribution in [0.3, 0.4) is 0 Å².